The lowest BCUT2D eigenvalue weighted by molar-refractivity contribution is 1.28. The molecule has 0 saturated carbocycles. The van der Waals surface area contributed by atoms with Gasteiger partial charge in [-0.3, -0.25) is 0 Å². The Bertz CT molecular complexity index is 5410. The lowest BCUT2D eigenvalue weighted by atomic mass is 9.83. The molecule has 0 amide bonds. The lowest BCUT2D eigenvalue weighted by Crippen LogP contribution is -2.09. The topological polar surface area (TPSA) is 6.48 Å². The van der Waals surface area contributed by atoms with Crippen LogP contribution in [0.2, 0.25) is 0 Å². The van der Waals surface area contributed by atoms with Crippen LogP contribution in [0.1, 0.15) is 22.3 Å². The highest BCUT2D eigenvalue weighted by atomic mass is 15.1. The van der Waals surface area contributed by atoms with Crippen LogP contribution in [0.15, 0.2) is 388 Å². The summed E-state index contributed by atoms with van der Waals surface area (Å²) in [6.07, 6.45) is 8.66. The summed E-state index contributed by atoms with van der Waals surface area (Å²) in [7, 11) is 0. The van der Waals surface area contributed by atoms with Crippen molar-refractivity contribution in [3.63, 3.8) is 0 Å². The first-order valence-electron chi connectivity index (χ1n) is 33.6. The molecule has 0 atom stereocenters. The minimum absolute atomic E-state index is 1.13. The fraction of sp³-hybridized carbons (Fsp3) is 0. The Morgan fingerprint density at radius 1 is 0.153 bits per heavy atom. The van der Waals surface area contributed by atoms with E-state index < -0.39 is 0 Å². The summed E-state index contributed by atoms with van der Waals surface area (Å²) >= 11 is 0. The molecule has 0 unspecified atom stereocenters. The standard InChI is InChI=1S/C50H32.C46H36N2/c1-3-11-33(12-4-1)35-19-24-38(25-20-35)49-45-29-40-16-7-8-17-41(40)30-46(45)50(39-26-21-36(22-27-39)34-13-5-2-6-14-34)48-32-44-42(31-47(48)49)28-23-37-15-9-10-18-43(37)44;1-5-13-41(14-6-1)47(42-15-7-2-8-16-42)45-33-29-39(30-34-45)27-25-37-21-23-38(24-22-37)26-28-40-31-35-46(36-32-40)48(43-17-9-3-10-18-43)44-19-11-4-12-20-44/h1-32H;1-36H. The Balaban J connectivity index is 0.000000153. The SMILES string of the molecule is C(=Cc1ccc(N(c2ccccc2)c2ccccc2)cc1)c1ccc(C=Cc2ccc(N(c3ccccc3)c3ccccc3)cc2)cc1.c1ccc(-c2ccc(-c3c4cc5ccccc5cc4c(-c4ccc(-c5ccccc5)cc4)c4cc5c(ccc6ccccc65)cc34)cc2)cc1. The highest BCUT2D eigenvalue weighted by Gasteiger charge is 2.21. The van der Waals surface area contributed by atoms with E-state index in [1.54, 1.807) is 0 Å². The number of anilines is 6. The number of hydrogen-bond donors (Lipinski definition) is 0. The Hall–Kier alpha value is -12.9. The van der Waals surface area contributed by atoms with Crippen molar-refractivity contribution in [1.29, 1.82) is 0 Å². The van der Waals surface area contributed by atoms with Gasteiger partial charge in [0.25, 0.3) is 0 Å². The maximum absolute atomic E-state index is 2.46. The summed E-state index contributed by atoms with van der Waals surface area (Å²) in [6.45, 7) is 0. The van der Waals surface area contributed by atoms with Gasteiger partial charge in [0, 0.05) is 34.1 Å². The molecule has 0 bridgehead atoms. The molecule has 0 aliphatic rings. The van der Waals surface area contributed by atoms with Gasteiger partial charge in [0.15, 0.2) is 0 Å². The van der Waals surface area contributed by atoms with E-state index in [1.165, 1.54) is 98.4 Å². The van der Waals surface area contributed by atoms with E-state index in [1.807, 2.05) is 0 Å². The van der Waals surface area contributed by atoms with Crippen molar-refractivity contribution in [2.45, 2.75) is 0 Å². The summed E-state index contributed by atoms with van der Waals surface area (Å²) in [5.41, 5.74) is 21.3. The number of rotatable bonds is 14. The molecule has 98 heavy (non-hydrogen) atoms. The zero-order chi connectivity index (χ0) is 65.4. The maximum atomic E-state index is 2.46. The van der Waals surface area contributed by atoms with Gasteiger partial charge < -0.3 is 9.80 Å². The number of para-hydroxylation sites is 4. The third-order valence-corrected chi connectivity index (χ3v) is 18.6. The molecular weight excluding hydrogens is 1180 g/mol. The van der Waals surface area contributed by atoms with E-state index in [2.05, 4.69) is 422 Å². The van der Waals surface area contributed by atoms with E-state index in [-0.39, 0.29) is 0 Å². The van der Waals surface area contributed by atoms with Crippen molar-refractivity contribution in [3.8, 4) is 44.5 Å². The van der Waals surface area contributed by atoms with Gasteiger partial charge in [-0.2, -0.15) is 0 Å². The predicted molar refractivity (Wildman–Crippen MR) is 422 cm³/mol. The minimum Gasteiger partial charge on any atom is -0.311 e. The molecule has 17 rings (SSSR count). The molecule has 0 saturated heterocycles. The third-order valence-electron chi connectivity index (χ3n) is 18.6. The second-order valence-corrected chi connectivity index (χ2v) is 24.8. The van der Waals surface area contributed by atoms with Crippen molar-refractivity contribution in [2.24, 2.45) is 0 Å². The maximum Gasteiger partial charge on any atom is 0.0462 e. The van der Waals surface area contributed by atoms with Crippen molar-refractivity contribution in [3.05, 3.63) is 411 Å². The largest absolute Gasteiger partial charge is 0.311 e. The van der Waals surface area contributed by atoms with Crippen LogP contribution in [0.4, 0.5) is 34.1 Å². The lowest BCUT2D eigenvalue weighted by Gasteiger charge is -2.25. The molecule has 17 aromatic rings. The molecule has 0 spiro atoms. The molecule has 0 fully saturated rings. The van der Waals surface area contributed by atoms with Gasteiger partial charge in [-0.25, -0.2) is 0 Å². The van der Waals surface area contributed by atoms with E-state index in [0.717, 1.165) is 56.4 Å². The summed E-state index contributed by atoms with van der Waals surface area (Å²) in [6, 6.07) is 139. The van der Waals surface area contributed by atoms with E-state index in [0.29, 0.717) is 0 Å². The zero-order valence-corrected chi connectivity index (χ0v) is 54.2. The average Bonchev–Trinajstić information content (AvgIpc) is 0.716. The van der Waals surface area contributed by atoms with Crippen LogP contribution in [-0.2, 0) is 0 Å². The molecule has 17 aromatic carbocycles. The second kappa shape index (κ2) is 27.6. The van der Waals surface area contributed by atoms with Crippen molar-refractivity contribution in [2.75, 3.05) is 9.80 Å². The first-order valence-corrected chi connectivity index (χ1v) is 33.6. The van der Waals surface area contributed by atoms with Crippen LogP contribution < -0.4 is 9.80 Å². The highest BCUT2D eigenvalue weighted by molar-refractivity contribution is 6.27. The summed E-state index contributed by atoms with van der Waals surface area (Å²) in [4.78, 5) is 4.55. The summed E-state index contributed by atoms with van der Waals surface area (Å²) < 4.78 is 0. The molecule has 0 aliphatic carbocycles. The van der Waals surface area contributed by atoms with Gasteiger partial charge in [-0.1, -0.05) is 315 Å². The van der Waals surface area contributed by atoms with Gasteiger partial charge >= 0.3 is 0 Å². The fourth-order valence-electron chi connectivity index (χ4n) is 13.7. The van der Waals surface area contributed by atoms with Crippen molar-refractivity contribution < 1.29 is 0 Å². The third kappa shape index (κ3) is 12.7. The molecule has 2 heteroatoms. The number of hydrogen-bond acceptors (Lipinski definition) is 2. The predicted octanol–water partition coefficient (Wildman–Crippen LogP) is 27.1. The Labute approximate surface area is 573 Å². The number of benzene rings is 17. The first kappa shape index (κ1) is 60.1. The number of fused-ring (bicyclic) bond motifs is 6. The van der Waals surface area contributed by atoms with Crippen LogP contribution in [0, 0.1) is 0 Å². The van der Waals surface area contributed by atoms with Crippen LogP contribution in [0.25, 0.3) is 123 Å². The minimum atomic E-state index is 1.13. The van der Waals surface area contributed by atoms with Gasteiger partial charge in [-0.15, -0.1) is 0 Å². The van der Waals surface area contributed by atoms with Crippen LogP contribution in [-0.4, -0.2) is 0 Å². The summed E-state index contributed by atoms with van der Waals surface area (Å²) in [5, 5.41) is 12.7. The molecule has 0 aliphatic heterocycles. The van der Waals surface area contributed by atoms with Crippen LogP contribution in [0.5, 0.6) is 0 Å². The van der Waals surface area contributed by atoms with Crippen LogP contribution in [0.3, 0.4) is 0 Å². The number of nitrogens with zero attached hydrogens (tertiary/aromatic N) is 2. The second-order valence-electron chi connectivity index (χ2n) is 24.8. The van der Waals surface area contributed by atoms with Gasteiger partial charge in [0.2, 0.25) is 0 Å². The molecular formula is C96H68N2. The van der Waals surface area contributed by atoms with Crippen LogP contribution >= 0.6 is 0 Å². The van der Waals surface area contributed by atoms with Crippen molar-refractivity contribution >= 4 is 112 Å². The molecule has 462 valence electrons. The molecule has 0 radical (unpaired) electrons. The van der Waals surface area contributed by atoms with Gasteiger partial charge in [-0.05, 0) is 218 Å². The fourth-order valence-corrected chi connectivity index (χ4v) is 13.7. The first-order chi connectivity index (χ1) is 48.6. The quantitative estimate of drug-likeness (QED) is 0.0608. The van der Waals surface area contributed by atoms with E-state index in [9.17, 15) is 0 Å². The monoisotopic (exact) mass is 1250 g/mol. The smallest absolute Gasteiger partial charge is 0.0462 e. The van der Waals surface area contributed by atoms with E-state index >= 15 is 0 Å². The van der Waals surface area contributed by atoms with Gasteiger partial charge in [0.05, 0.1) is 0 Å². The van der Waals surface area contributed by atoms with Gasteiger partial charge in [0.1, 0.15) is 0 Å². The Morgan fingerprint density at radius 3 is 0.776 bits per heavy atom. The summed E-state index contributed by atoms with van der Waals surface area (Å²) in [5.74, 6) is 0. The highest BCUT2D eigenvalue weighted by Crippen LogP contribution is 2.48. The normalized spacial score (nSPS) is 11.4. The molecule has 2 nitrogen and oxygen atoms in total. The average molecular weight is 1250 g/mol. The van der Waals surface area contributed by atoms with E-state index in [4.69, 9.17) is 0 Å². The molecule has 0 aromatic heterocycles. The van der Waals surface area contributed by atoms with Crippen molar-refractivity contribution in [1.82, 2.24) is 0 Å². The molecule has 0 heterocycles. The molecule has 0 N–H and O–H groups in total. The zero-order valence-electron chi connectivity index (χ0n) is 54.2. The Morgan fingerprint density at radius 2 is 0.408 bits per heavy atom. The Kier molecular flexibility index (Phi) is 16.9.